The minimum absolute atomic E-state index is 0.591. The Kier molecular flexibility index (Phi) is 4.90. The quantitative estimate of drug-likeness (QED) is 0.863. The molecule has 1 heterocycles. The van der Waals surface area contributed by atoms with Gasteiger partial charge in [0, 0.05) is 39.9 Å². The summed E-state index contributed by atoms with van der Waals surface area (Å²) in [5.74, 6) is 1.61. The minimum Gasteiger partial charge on any atom is -0.351 e. The van der Waals surface area contributed by atoms with Crippen LogP contribution in [-0.4, -0.2) is 37.2 Å². The average molecular weight is 271 g/mol. The fraction of sp³-hybridized carbons (Fsp3) is 0.333. The maximum Gasteiger partial charge on any atom is 0.226 e. The van der Waals surface area contributed by atoms with Gasteiger partial charge in [-0.25, -0.2) is 4.98 Å². The second-order valence-corrected chi connectivity index (χ2v) is 4.81. The van der Waals surface area contributed by atoms with Crippen LogP contribution in [0.1, 0.15) is 5.56 Å². The normalized spacial score (nSPS) is 10.3. The summed E-state index contributed by atoms with van der Waals surface area (Å²) >= 11 is 0. The molecule has 0 aliphatic carbocycles. The molecule has 2 aromatic rings. The van der Waals surface area contributed by atoms with Gasteiger partial charge in [-0.15, -0.1) is 0 Å². The Labute approximate surface area is 120 Å². The summed E-state index contributed by atoms with van der Waals surface area (Å²) in [5.41, 5.74) is 6.96. The van der Waals surface area contributed by atoms with Crippen molar-refractivity contribution in [2.75, 3.05) is 37.0 Å². The standard InChI is InChI=1S/C15H21N5/c1-19(2)15-17-10-8-14(18-15)20(11-9-16)12-13-6-4-3-5-7-13/h3-8,10H,9,11-12,16H2,1-2H3. The van der Waals surface area contributed by atoms with Crippen molar-refractivity contribution >= 4 is 11.8 Å². The predicted octanol–water partition coefficient (Wildman–Crippen LogP) is 1.51. The van der Waals surface area contributed by atoms with E-state index in [0.29, 0.717) is 12.5 Å². The van der Waals surface area contributed by atoms with Gasteiger partial charge in [-0.1, -0.05) is 30.3 Å². The van der Waals surface area contributed by atoms with Crippen molar-refractivity contribution in [3.63, 3.8) is 0 Å². The summed E-state index contributed by atoms with van der Waals surface area (Å²) in [6.07, 6.45) is 1.78. The van der Waals surface area contributed by atoms with E-state index in [0.717, 1.165) is 18.9 Å². The molecule has 0 saturated heterocycles. The molecule has 0 amide bonds. The van der Waals surface area contributed by atoms with E-state index >= 15 is 0 Å². The lowest BCUT2D eigenvalue weighted by Crippen LogP contribution is -2.30. The molecule has 0 bridgehead atoms. The van der Waals surface area contributed by atoms with Crippen molar-refractivity contribution in [2.24, 2.45) is 5.73 Å². The van der Waals surface area contributed by atoms with Gasteiger partial charge in [-0.3, -0.25) is 0 Å². The number of nitrogens with two attached hydrogens (primary N) is 1. The summed E-state index contributed by atoms with van der Waals surface area (Å²) in [7, 11) is 3.87. The van der Waals surface area contributed by atoms with Crippen molar-refractivity contribution in [1.29, 1.82) is 0 Å². The summed E-state index contributed by atoms with van der Waals surface area (Å²) in [6.45, 7) is 2.15. The minimum atomic E-state index is 0.591. The molecule has 0 aliphatic rings. The molecule has 20 heavy (non-hydrogen) atoms. The third kappa shape index (κ3) is 3.68. The molecule has 0 saturated carbocycles. The molecule has 0 atom stereocenters. The maximum atomic E-state index is 5.72. The SMILES string of the molecule is CN(C)c1nccc(N(CCN)Cc2ccccc2)n1. The van der Waals surface area contributed by atoms with E-state index in [1.54, 1.807) is 6.20 Å². The lowest BCUT2D eigenvalue weighted by Gasteiger charge is -2.24. The Hall–Kier alpha value is -2.14. The Balaban J connectivity index is 2.21. The number of aromatic nitrogens is 2. The monoisotopic (exact) mass is 271 g/mol. The first-order chi connectivity index (χ1) is 9.70. The molecule has 0 unspecified atom stereocenters. The Morgan fingerprint density at radius 3 is 2.50 bits per heavy atom. The van der Waals surface area contributed by atoms with E-state index < -0.39 is 0 Å². The van der Waals surface area contributed by atoms with Gasteiger partial charge < -0.3 is 15.5 Å². The Morgan fingerprint density at radius 2 is 1.85 bits per heavy atom. The first-order valence-corrected chi connectivity index (χ1v) is 6.70. The van der Waals surface area contributed by atoms with Crippen LogP contribution >= 0.6 is 0 Å². The molecule has 1 aromatic carbocycles. The number of nitrogens with zero attached hydrogens (tertiary/aromatic N) is 4. The fourth-order valence-corrected chi connectivity index (χ4v) is 1.97. The summed E-state index contributed by atoms with van der Waals surface area (Å²) < 4.78 is 0. The summed E-state index contributed by atoms with van der Waals surface area (Å²) in [4.78, 5) is 12.9. The lowest BCUT2D eigenvalue weighted by molar-refractivity contribution is 0.771. The first kappa shape index (κ1) is 14.3. The van der Waals surface area contributed by atoms with Crippen LogP contribution in [0.15, 0.2) is 42.6 Å². The van der Waals surface area contributed by atoms with Crippen LogP contribution in [0, 0.1) is 0 Å². The Bertz CT molecular complexity index is 527. The van der Waals surface area contributed by atoms with Gasteiger partial charge in [0.2, 0.25) is 5.95 Å². The second kappa shape index (κ2) is 6.86. The molecule has 0 spiro atoms. The number of benzene rings is 1. The molecule has 106 valence electrons. The largest absolute Gasteiger partial charge is 0.351 e. The van der Waals surface area contributed by atoms with E-state index in [1.807, 2.05) is 43.3 Å². The van der Waals surface area contributed by atoms with Crippen molar-refractivity contribution < 1.29 is 0 Å². The highest BCUT2D eigenvalue weighted by Gasteiger charge is 2.10. The molecule has 5 heteroatoms. The van der Waals surface area contributed by atoms with Crippen LogP contribution in [0.3, 0.4) is 0 Å². The lowest BCUT2D eigenvalue weighted by atomic mass is 10.2. The van der Waals surface area contributed by atoms with Crippen molar-refractivity contribution in [2.45, 2.75) is 6.54 Å². The molecule has 2 N–H and O–H groups in total. The predicted molar refractivity (Wildman–Crippen MR) is 82.9 cm³/mol. The van der Waals surface area contributed by atoms with Gasteiger partial charge in [0.1, 0.15) is 5.82 Å². The third-order valence-electron chi connectivity index (χ3n) is 2.97. The van der Waals surface area contributed by atoms with Crippen LogP contribution in [0.5, 0.6) is 0 Å². The summed E-state index contributed by atoms with van der Waals surface area (Å²) in [5, 5.41) is 0. The second-order valence-electron chi connectivity index (χ2n) is 4.81. The molecule has 0 radical (unpaired) electrons. The van der Waals surface area contributed by atoms with Gasteiger partial charge in [-0.05, 0) is 11.6 Å². The van der Waals surface area contributed by atoms with E-state index in [9.17, 15) is 0 Å². The maximum absolute atomic E-state index is 5.72. The van der Waals surface area contributed by atoms with Crippen molar-refractivity contribution in [1.82, 2.24) is 9.97 Å². The number of hydrogen-bond donors (Lipinski definition) is 1. The highest BCUT2D eigenvalue weighted by Crippen LogP contribution is 2.16. The summed E-state index contributed by atoms with van der Waals surface area (Å²) in [6, 6.07) is 12.2. The molecular formula is C15H21N5. The zero-order chi connectivity index (χ0) is 14.4. The average Bonchev–Trinajstić information content (AvgIpc) is 2.48. The Morgan fingerprint density at radius 1 is 1.10 bits per heavy atom. The third-order valence-corrected chi connectivity index (χ3v) is 2.97. The van der Waals surface area contributed by atoms with E-state index in [2.05, 4.69) is 27.0 Å². The van der Waals surface area contributed by atoms with Gasteiger partial charge >= 0.3 is 0 Å². The molecule has 2 rings (SSSR count). The number of rotatable bonds is 6. The van der Waals surface area contributed by atoms with Crippen molar-refractivity contribution in [3.05, 3.63) is 48.2 Å². The number of anilines is 2. The van der Waals surface area contributed by atoms with E-state index in [-0.39, 0.29) is 0 Å². The van der Waals surface area contributed by atoms with Crippen molar-refractivity contribution in [3.8, 4) is 0 Å². The molecule has 5 nitrogen and oxygen atoms in total. The number of hydrogen-bond acceptors (Lipinski definition) is 5. The van der Waals surface area contributed by atoms with Crippen LogP contribution in [-0.2, 0) is 6.54 Å². The van der Waals surface area contributed by atoms with Gasteiger partial charge in [-0.2, -0.15) is 4.98 Å². The van der Waals surface area contributed by atoms with Gasteiger partial charge in [0.05, 0.1) is 0 Å². The van der Waals surface area contributed by atoms with Gasteiger partial charge in [0.15, 0.2) is 0 Å². The molecular weight excluding hydrogens is 250 g/mol. The van der Waals surface area contributed by atoms with Crippen LogP contribution in [0.4, 0.5) is 11.8 Å². The fourth-order valence-electron chi connectivity index (χ4n) is 1.97. The van der Waals surface area contributed by atoms with E-state index in [4.69, 9.17) is 5.73 Å². The molecule has 0 fully saturated rings. The van der Waals surface area contributed by atoms with Crippen LogP contribution in [0.25, 0.3) is 0 Å². The highest BCUT2D eigenvalue weighted by atomic mass is 15.3. The highest BCUT2D eigenvalue weighted by molar-refractivity contribution is 5.43. The van der Waals surface area contributed by atoms with Gasteiger partial charge in [0.25, 0.3) is 0 Å². The molecule has 0 aliphatic heterocycles. The smallest absolute Gasteiger partial charge is 0.226 e. The van der Waals surface area contributed by atoms with Crippen LogP contribution < -0.4 is 15.5 Å². The van der Waals surface area contributed by atoms with E-state index in [1.165, 1.54) is 5.56 Å². The zero-order valence-corrected chi connectivity index (χ0v) is 12.0. The molecule has 1 aromatic heterocycles. The first-order valence-electron chi connectivity index (χ1n) is 6.70. The van der Waals surface area contributed by atoms with Crippen LogP contribution in [0.2, 0.25) is 0 Å². The zero-order valence-electron chi connectivity index (χ0n) is 12.0. The topological polar surface area (TPSA) is 58.3 Å².